The first kappa shape index (κ1) is 38.5. The normalized spacial score (nSPS) is 27.1. The summed E-state index contributed by atoms with van der Waals surface area (Å²) in [5.41, 5.74) is -1.30. The molecular weight excluding hydrogens is 703 g/mol. The van der Waals surface area contributed by atoms with Crippen molar-refractivity contribution in [2.45, 2.75) is 120 Å². The number of amides is 4. The summed E-state index contributed by atoms with van der Waals surface area (Å²) in [6.45, 7) is 12.6. The number of oxazole rings is 1. The molecule has 14 nitrogen and oxygen atoms in total. The maximum atomic E-state index is 14.8. The molecule has 0 unspecified atom stereocenters. The van der Waals surface area contributed by atoms with Gasteiger partial charge in [-0.15, -0.1) is 6.58 Å². The van der Waals surface area contributed by atoms with Crippen molar-refractivity contribution in [1.82, 2.24) is 25.2 Å². The quantitative estimate of drug-likeness (QED) is 0.265. The van der Waals surface area contributed by atoms with Crippen LogP contribution < -0.4 is 15.4 Å². The second-order valence-electron chi connectivity index (χ2n) is 16.4. The summed E-state index contributed by atoms with van der Waals surface area (Å²) in [6, 6.07) is 3.30. The van der Waals surface area contributed by atoms with Crippen LogP contribution in [-0.2, 0) is 39.5 Å². The average molecular weight is 754 g/mol. The van der Waals surface area contributed by atoms with Gasteiger partial charge in [0.1, 0.15) is 35.6 Å². The number of aryl methyl sites for hydroxylation is 1. The molecular formula is C38H51N5O9S. The number of rotatable bonds is 12. The van der Waals surface area contributed by atoms with E-state index in [2.05, 4.69) is 26.9 Å². The third-order valence-electron chi connectivity index (χ3n) is 11.5. The molecule has 1 saturated heterocycles. The number of carbonyl (C=O) groups excluding carboxylic acids is 4. The minimum Gasteiger partial charge on any atom is -0.446 e. The Morgan fingerprint density at radius 2 is 1.83 bits per heavy atom. The zero-order valence-corrected chi connectivity index (χ0v) is 32.1. The SMILES string of the molecule is C=C[C@@H]1C[C@]1(NC(=O)[C@@H]1C[C@@](OC)(c2ccc(-c3ncco3)c(C)c2)CN1C(=O)[C@@H](NC(=O)OC1CCCC1)C(C)(C)C)C(=O)NS(=O)(=O)C1(C)CC1. The molecule has 2 aromatic rings. The molecule has 1 aromatic carbocycles. The van der Waals surface area contributed by atoms with Crippen LogP contribution in [0.4, 0.5) is 4.79 Å². The molecule has 53 heavy (non-hydrogen) atoms. The smallest absolute Gasteiger partial charge is 0.408 e. The third-order valence-corrected chi connectivity index (χ3v) is 13.7. The minimum atomic E-state index is -4.00. The van der Waals surface area contributed by atoms with Crippen LogP contribution in [0.3, 0.4) is 0 Å². The van der Waals surface area contributed by atoms with Gasteiger partial charge in [-0.3, -0.25) is 19.1 Å². The molecule has 3 N–H and O–H groups in total. The fraction of sp³-hybridized carbons (Fsp3) is 0.605. The van der Waals surface area contributed by atoms with Crippen molar-refractivity contribution in [3.8, 4) is 11.5 Å². The van der Waals surface area contributed by atoms with Crippen molar-refractivity contribution in [2.24, 2.45) is 11.3 Å². The van der Waals surface area contributed by atoms with Gasteiger partial charge in [-0.2, -0.15) is 0 Å². The number of hydrogen-bond donors (Lipinski definition) is 3. The van der Waals surface area contributed by atoms with Crippen molar-refractivity contribution in [3.05, 3.63) is 54.4 Å². The molecule has 15 heteroatoms. The minimum absolute atomic E-state index is 0.00489. The monoisotopic (exact) mass is 753 g/mol. The van der Waals surface area contributed by atoms with Gasteiger partial charge in [-0.05, 0) is 81.4 Å². The van der Waals surface area contributed by atoms with Crippen molar-refractivity contribution in [1.29, 1.82) is 0 Å². The Morgan fingerprint density at radius 3 is 2.38 bits per heavy atom. The second kappa shape index (κ2) is 13.9. The molecule has 1 aromatic heterocycles. The van der Waals surface area contributed by atoms with Crippen LogP contribution >= 0.6 is 0 Å². The number of nitrogens with zero attached hydrogens (tertiary/aromatic N) is 2. The number of ether oxygens (including phenoxy) is 2. The number of sulfonamides is 1. The molecule has 3 saturated carbocycles. The summed E-state index contributed by atoms with van der Waals surface area (Å²) in [5.74, 6) is -2.15. The van der Waals surface area contributed by atoms with E-state index >= 15 is 0 Å². The summed E-state index contributed by atoms with van der Waals surface area (Å²) in [6.07, 6.45) is 8.00. The molecule has 4 fully saturated rings. The predicted octanol–water partition coefficient (Wildman–Crippen LogP) is 4.24. The van der Waals surface area contributed by atoms with Crippen LogP contribution in [-0.4, -0.2) is 84.2 Å². The van der Waals surface area contributed by atoms with Crippen LogP contribution in [0.1, 0.15) is 90.2 Å². The van der Waals surface area contributed by atoms with Crippen molar-refractivity contribution in [2.75, 3.05) is 13.7 Å². The van der Waals surface area contributed by atoms with Gasteiger partial charge in [0.15, 0.2) is 0 Å². The zero-order chi connectivity index (χ0) is 38.6. The summed E-state index contributed by atoms with van der Waals surface area (Å²) < 4.78 is 44.7. The van der Waals surface area contributed by atoms with E-state index in [1.165, 1.54) is 24.3 Å². The van der Waals surface area contributed by atoms with Crippen LogP contribution in [0.5, 0.6) is 0 Å². The van der Waals surface area contributed by atoms with Gasteiger partial charge < -0.3 is 29.4 Å². The molecule has 2 heterocycles. The summed E-state index contributed by atoms with van der Waals surface area (Å²) in [5, 5.41) is 5.63. The van der Waals surface area contributed by atoms with Gasteiger partial charge in [0, 0.05) is 25.0 Å². The maximum absolute atomic E-state index is 14.8. The van der Waals surface area contributed by atoms with E-state index in [9.17, 15) is 27.6 Å². The largest absolute Gasteiger partial charge is 0.446 e. The summed E-state index contributed by atoms with van der Waals surface area (Å²) in [4.78, 5) is 61.8. The van der Waals surface area contributed by atoms with Gasteiger partial charge in [-0.1, -0.05) is 39.0 Å². The van der Waals surface area contributed by atoms with Gasteiger partial charge >= 0.3 is 6.09 Å². The fourth-order valence-electron chi connectivity index (χ4n) is 7.60. The first-order valence-electron chi connectivity index (χ1n) is 18.2. The van der Waals surface area contributed by atoms with E-state index in [1.54, 1.807) is 13.1 Å². The fourth-order valence-corrected chi connectivity index (χ4v) is 8.91. The lowest BCUT2D eigenvalue weighted by Crippen LogP contribution is -2.60. The van der Waals surface area contributed by atoms with E-state index < -0.39 is 73.1 Å². The van der Waals surface area contributed by atoms with E-state index in [0.29, 0.717) is 24.3 Å². The Balaban J connectivity index is 1.33. The molecule has 4 amide bonds. The van der Waals surface area contributed by atoms with E-state index in [0.717, 1.165) is 36.8 Å². The molecule has 6 rings (SSSR count). The van der Waals surface area contributed by atoms with Crippen molar-refractivity contribution < 1.29 is 41.5 Å². The standard InChI is InChI=1S/C38H51N5O9S/c1-8-24-20-38(24,33(46)42-53(48,49)36(6)15-16-36)41-30(44)28-21-37(50-7,25-13-14-27(23(2)19-25)31-39-17-18-51-31)22-43(28)32(45)29(35(3,4)5)40-34(47)52-26-11-9-10-12-26/h8,13-14,17-19,24,26,28-29H,1,9-12,15-16,20-22H2,2-7H3,(H,40,47)(H,41,44)(H,42,46)/t24-,28+,29-,37+,38-/m1/s1. The number of benzene rings is 1. The van der Waals surface area contributed by atoms with Gasteiger partial charge in [-0.25, -0.2) is 18.2 Å². The Hall–Kier alpha value is -4.24. The van der Waals surface area contributed by atoms with Crippen molar-refractivity contribution >= 4 is 33.8 Å². The number of nitrogens with one attached hydrogen (secondary N) is 3. The van der Waals surface area contributed by atoms with Crippen molar-refractivity contribution in [3.63, 3.8) is 0 Å². The highest BCUT2D eigenvalue weighted by Crippen LogP contribution is 2.48. The number of alkyl carbamates (subject to hydrolysis) is 1. The van der Waals surface area contributed by atoms with E-state index in [-0.39, 0.29) is 25.5 Å². The maximum Gasteiger partial charge on any atom is 0.408 e. The lowest BCUT2D eigenvalue weighted by atomic mass is 9.85. The highest BCUT2D eigenvalue weighted by atomic mass is 32.2. The third kappa shape index (κ3) is 7.34. The topological polar surface area (TPSA) is 186 Å². The summed E-state index contributed by atoms with van der Waals surface area (Å²) >= 11 is 0. The lowest BCUT2D eigenvalue weighted by molar-refractivity contribution is -0.143. The molecule has 288 valence electrons. The van der Waals surface area contributed by atoms with Crippen LogP contribution in [0, 0.1) is 18.3 Å². The van der Waals surface area contributed by atoms with Gasteiger partial charge in [0.25, 0.3) is 5.91 Å². The lowest BCUT2D eigenvalue weighted by Gasteiger charge is -2.36. The molecule has 0 bridgehead atoms. The highest BCUT2D eigenvalue weighted by molar-refractivity contribution is 7.91. The number of methoxy groups -OCH3 is 1. The molecule has 4 aliphatic rings. The van der Waals surface area contributed by atoms with Gasteiger partial charge in [0.05, 0.1) is 17.5 Å². The molecule has 5 atom stereocenters. The first-order chi connectivity index (χ1) is 24.9. The second-order valence-corrected chi connectivity index (χ2v) is 18.6. The van der Waals surface area contributed by atoms with E-state index in [1.807, 2.05) is 45.9 Å². The summed E-state index contributed by atoms with van der Waals surface area (Å²) in [7, 11) is -2.50. The first-order valence-corrected chi connectivity index (χ1v) is 19.7. The Bertz CT molecular complexity index is 1880. The number of hydrogen-bond acceptors (Lipinski definition) is 10. The van der Waals surface area contributed by atoms with Crippen LogP contribution in [0.2, 0.25) is 0 Å². The highest BCUT2D eigenvalue weighted by Gasteiger charge is 2.63. The van der Waals surface area contributed by atoms with E-state index in [4.69, 9.17) is 13.9 Å². The molecule has 0 spiro atoms. The molecule has 0 radical (unpaired) electrons. The number of likely N-dealkylation sites (tertiary alicyclic amines) is 1. The number of aromatic nitrogens is 1. The van der Waals surface area contributed by atoms with Gasteiger partial charge in [0.2, 0.25) is 27.7 Å². The predicted molar refractivity (Wildman–Crippen MR) is 194 cm³/mol. The Kier molecular flexibility index (Phi) is 10.1. The Morgan fingerprint density at radius 1 is 1.13 bits per heavy atom. The Labute approximate surface area is 310 Å². The average Bonchev–Trinajstić information content (AvgIpc) is 3.69. The molecule has 1 aliphatic heterocycles. The number of carbonyl (C=O) groups is 4. The zero-order valence-electron chi connectivity index (χ0n) is 31.3. The van der Waals surface area contributed by atoms with Crippen LogP contribution in [0.15, 0.2) is 47.7 Å². The van der Waals surface area contributed by atoms with Crippen LogP contribution in [0.25, 0.3) is 11.5 Å². The molecule has 3 aliphatic carbocycles.